The molecule has 22 heavy (non-hydrogen) atoms. The summed E-state index contributed by atoms with van der Waals surface area (Å²) in [4.78, 5) is 12.3. The van der Waals surface area contributed by atoms with Gasteiger partial charge in [0.25, 0.3) is 0 Å². The van der Waals surface area contributed by atoms with E-state index < -0.39 is 0 Å². The first-order valence-corrected chi connectivity index (χ1v) is 8.11. The second-order valence-electron chi connectivity index (χ2n) is 5.22. The van der Waals surface area contributed by atoms with Gasteiger partial charge < -0.3 is 4.57 Å². The highest BCUT2D eigenvalue weighted by Crippen LogP contribution is 2.22. The molecule has 106 valence electrons. The highest BCUT2D eigenvalue weighted by Gasteiger charge is 2.08. The van der Waals surface area contributed by atoms with Crippen molar-refractivity contribution < 1.29 is 0 Å². The van der Waals surface area contributed by atoms with Crippen LogP contribution in [0.4, 0.5) is 0 Å². The molecule has 0 saturated heterocycles. The van der Waals surface area contributed by atoms with E-state index in [1.807, 2.05) is 42.6 Å². The van der Waals surface area contributed by atoms with Crippen LogP contribution in [0.5, 0.6) is 0 Å². The first-order valence-electron chi connectivity index (χ1n) is 7.03. The normalized spacial score (nSPS) is 11.1. The quantitative estimate of drug-likeness (QED) is 0.425. The number of halogens is 1. The van der Waals surface area contributed by atoms with Gasteiger partial charge in [-0.1, -0.05) is 42.5 Å². The fourth-order valence-corrected chi connectivity index (χ4v) is 3.36. The monoisotopic (exact) mass is 397 g/mol. The summed E-state index contributed by atoms with van der Waals surface area (Å²) in [6.45, 7) is 0. The Morgan fingerprint density at radius 1 is 0.818 bits per heavy atom. The summed E-state index contributed by atoms with van der Waals surface area (Å²) in [6, 6.07) is 22.4. The Morgan fingerprint density at radius 2 is 1.55 bits per heavy atom. The van der Waals surface area contributed by atoms with Gasteiger partial charge in [0.1, 0.15) is 0 Å². The summed E-state index contributed by atoms with van der Waals surface area (Å²) in [5.41, 5.74) is 2.09. The van der Waals surface area contributed by atoms with Crippen molar-refractivity contribution >= 4 is 44.3 Å². The van der Waals surface area contributed by atoms with Crippen molar-refractivity contribution in [2.75, 3.05) is 0 Å². The lowest BCUT2D eigenvalue weighted by molar-refractivity contribution is 1.09. The van der Waals surface area contributed by atoms with Crippen molar-refractivity contribution in [3.63, 3.8) is 0 Å². The molecule has 0 atom stereocenters. The molecule has 1 heterocycles. The number of fused-ring (bicyclic) bond motifs is 2. The van der Waals surface area contributed by atoms with Crippen LogP contribution in [0.3, 0.4) is 0 Å². The van der Waals surface area contributed by atoms with E-state index in [0.717, 1.165) is 20.2 Å². The molecule has 3 aromatic carbocycles. The van der Waals surface area contributed by atoms with Crippen molar-refractivity contribution in [3.05, 3.63) is 86.7 Å². The van der Waals surface area contributed by atoms with E-state index >= 15 is 0 Å². The number of rotatable bonds is 1. The summed E-state index contributed by atoms with van der Waals surface area (Å²) in [5.74, 6) is 0. The minimum atomic E-state index is 0.0910. The molecule has 0 aliphatic carbocycles. The number of benzene rings is 3. The van der Waals surface area contributed by atoms with Gasteiger partial charge in [0.05, 0.1) is 9.09 Å². The predicted molar refractivity (Wildman–Crippen MR) is 99.8 cm³/mol. The predicted octanol–water partition coefficient (Wildman–Crippen LogP) is 4.75. The van der Waals surface area contributed by atoms with E-state index in [4.69, 9.17) is 0 Å². The average molecular weight is 397 g/mol. The van der Waals surface area contributed by atoms with Gasteiger partial charge in [-0.15, -0.1) is 0 Å². The Kier molecular flexibility index (Phi) is 3.22. The molecule has 0 radical (unpaired) electrons. The molecular formula is C19H12INO. The third-order valence-electron chi connectivity index (χ3n) is 3.88. The molecule has 4 aromatic rings. The molecular weight excluding hydrogens is 385 g/mol. The summed E-state index contributed by atoms with van der Waals surface area (Å²) >= 11 is 2.11. The maximum atomic E-state index is 12.3. The molecule has 0 fully saturated rings. The summed E-state index contributed by atoms with van der Waals surface area (Å²) < 4.78 is 2.81. The average Bonchev–Trinajstić information content (AvgIpc) is 2.58. The van der Waals surface area contributed by atoms with Gasteiger partial charge in [0, 0.05) is 17.3 Å². The highest BCUT2D eigenvalue weighted by molar-refractivity contribution is 14.1. The molecule has 0 aliphatic rings. The van der Waals surface area contributed by atoms with Crippen LogP contribution < -0.4 is 5.43 Å². The number of aromatic nitrogens is 1. The van der Waals surface area contributed by atoms with Crippen molar-refractivity contribution in [2.24, 2.45) is 0 Å². The Morgan fingerprint density at radius 3 is 2.41 bits per heavy atom. The zero-order chi connectivity index (χ0) is 15.1. The van der Waals surface area contributed by atoms with Crippen LogP contribution in [0, 0.1) is 3.57 Å². The maximum Gasteiger partial charge on any atom is 0.202 e. The van der Waals surface area contributed by atoms with E-state index in [-0.39, 0.29) is 5.43 Å². The molecule has 0 unspecified atom stereocenters. The third kappa shape index (κ3) is 2.13. The van der Waals surface area contributed by atoms with Gasteiger partial charge in [-0.05, 0) is 57.6 Å². The topological polar surface area (TPSA) is 22.0 Å². The second-order valence-corrected chi connectivity index (χ2v) is 6.39. The van der Waals surface area contributed by atoms with Crippen LogP contribution >= 0.6 is 22.6 Å². The number of para-hydroxylation sites is 1. The zero-order valence-corrected chi connectivity index (χ0v) is 13.8. The fraction of sp³-hybridized carbons (Fsp3) is 0. The zero-order valence-electron chi connectivity index (χ0n) is 11.7. The number of pyridine rings is 1. The Labute approximate surface area is 141 Å². The minimum absolute atomic E-state index is 0.0910. The van der Waals surface area contributed by atoms with Gasteiger partial charge >= 0.3 is 0 Å². The number of nitrogens with zero attached hydrogens (tertiary/aromatic N) is 1. The smallest absolute Gasteiger partial charge is 0.202 e. The summed E-state index contributed by atoms with van der Waals surface area (Å²) in [7, 11) is 0. The van der Waals surface area contributed by atoms with Crippen LogP contribution in [-0.2, 0) is 0 Å². The van der Waals surface area contributed by atoms with Crippen LogP contribution in [-0.4, -0.2) is 4.57 Å². The first kappa shape index (κ1) is 13.5. The second kappa shape index (κ2) is 5.25. The molecule has 0 bridgehead atoms. The molecule has 0 spiro atoms. The molecule has 0 aliphatic heterocycles. The van der Waals surface area contributed by atoms with E-state index in [1.54, 1.807) is 0 Å². The first-order chi connectivity index (χ1) is 10.7. The van der Waals surface area contributed by atoms with Gasteiger partial charge in [-0.3, -0.25) is 4.79 Å². The summed E-state index contributed by atoms with van der Waals surface area (Å²) in [5, 5.41) is 3.16. The molecule has 0 amide bonds. The van der Waals surface area contributed by atoms with Gasteiger partial charge in [0.2, 0.25) is 5.43 Å². The molecule has 4 rings (SSSR count). The van der Waals surface area contributed by atoms with Crippen LogP contribution in [0.15, 0.2) is 77.7 Å². The maximum absolute atomic E-state index is 12.3. The highest BCUT2D eigenvalue weighted by atomic mass is 127. The lowest BCUT2D eigenvalue weighted by atomic mass is 10.1. The van der Waals surface area contributed by atoms with Crippen molar-refractivity contribution in [1.82, 2.24) is 4.57 Å². The van der Waals surface area contributed by atoms with Crippen molar-refractivity contribution in [3.8, 4) is 5.69 Å². The molecule has 1 aromatic heterocycles. The lowest BCUT2D eigenvalue weighted by Gasteiger charge is -2.12. The Bertz CT molecular complexity index is 1070. The molecule has 0 saturated carbocycles. The Balaban J connectivity index is 2.08. The van der Waals surface area contributed by atoms with Gasteiger partial charge in [-0.2, -0.15) is 0 Å². The van der Waals surface area contributed by atoms with Crippen LogP contribution in [0.1, 0.15) is 0 Å². The third-order valence-corrected chi connectivity index (χ3v) is 4.65. The number of hydrogen-bond acceptors (Lipinski definition) is 1. The van der Waals surface area contributed by atoms with E-state index in [2.05, 4.69) is 57.5 Å². The fourth-order valence-electron chi connectivity index (χ4n) is 2.79. The van der Waals surface area contributed by atoms with Crippen molar-refractivity contribution in [2.45, 2.75) is 0 Å². The lowest BCUT2D eigenvalue weighted by Crippen LogP contribution is -2.11. The van der Waals surface area contributed by atoms with E-state index in [9.17, 15) is 4.79 Å². The summed E-state index contributed by atoms with van der Waals surface area (Å²) in [6.07, 6.45) is 1.91. The largest absolute Gasteiger partial charge is 0.315 e. The Hall–Kier alpha value is -2.14. The van der Waals surface area contributed by atoms with Gasteiger partial charge in [-0.25, -0.2) is 0 Å². The van der Waals surface area contributed by atoms with Crippen LogP contribution in [0.2, 0.25) is 0 Å². The minimum Gasteiger partial charge on any atom is -0.315 e. The van der Waals surface area contributed by atoms with Gasteiger partial charge in [0.15, 0.2) is 0 Å². The van der Waals surface area contributed by atoms with E-state index in [1.165, 1.54) is 10.8 Å². The van der Waals surface area contributed by atoms with E-state index in [0.29, 0.717) is 0 Å². The van der Waals surface area contributed by atoms with Crippen molar-refractivity contribution in [1.29, 1.82) is 0 Å². The molecule has 0 N–H and O–H groups in total. The standard InChI is InChI=1S/C19H12INO/c20-17-12-21(18-8-4-3-7-16(18)19(17)22)15-10-9-13-5-1-2-6-14(13)11-15/h1-12H. The molecule has 3 heteroatoms. The molecule has 2 nitrogen and oxygen atoms in total. The van der Waals surface area contributed by atoms with Crippen LogP contribution in [0.25, 0.3) is 27.4 Å². The SMILES string of the molecule is O=c1c(I)cn(-c2ccc3ccccc3c2)c2ccccc12. The number of hydrogen-bond donors (Lipinski definition) is 0.